The molecule has 4 aromatic rings. The minimum Gasteiger partial charge on any atom is -0.493 e. The number of carbonyl (C=O) groups excluding carboxylic acids is 2. The van der Waals surface area contributed by atoms with E-state index in [-0.39, 0.29) is 12.5 Å². The zero-order valence-electron chi connectivity index (χ0n) is 20.4. The molecule has 0 aliphatic rings. The molecule has 0 aliphatic carbocycles. The highest BCUT2D eigenvalue weighted by molar-refractivity contribution is 6.04. The van der Waals surface area contributed by atoms with Gasteiger partial charge in [-0.05, 0) is 66.7 Å². The van der Waals surface area contributed by atoms with Crippen molar-refractivity contribution in [2.24, 2.45) is 0 Å². The van der Waals surface area contributed by atoms with Crippen LogP contribution < -0.4 is 14.8 Å². The summed E-state index contributed by atoms with van der Waals surface area (Å²) in [6, 6.07) is 24.7. The Hall–Kier alpha value is -5.09. The van der Waals surface area contributed by atoms with Gasteiger partial charge in [0, 0.05) is 28.6 Å². The van der Waals surface area contributed by atoms with E-state index in [1.54, 1.807) is 60.8 Å². The number of aromatic nitrogens is 1. The highest BCUT2D eigenvalue weighted by Crippen LogP contribution is 2.29. The number of carbonyl (C=O) groups is 2. The largest absolute Gasteiger partial charge is 0.493 e. The van der Waals surface area contributed by atoms with Gasteiger partial charge in [0.2, 0.25) is 0 Å². The van der Waals surface area contributed by atoms with E-state index in [1.165, 1.54) is 14.2 Å². The second kappa shape index (κ2) is 12.0. The number of esters is 1. The summed E-state index contributed by atoms with van der Waals surface area (Å²) in [6.07, 6.45) is 1.70. The fraction of sp³-hybridized carbons (Fsp3) is 0.100. The lowest BCUT2D eigenvalue weighted by molar-refractivity contribution is 0.0600. The average molecular weight is 493 g/mol. The van der Waals surface area contributed by atoms with E-state index in [4.69, 9.17) is 14.2 Å². The van der Waals surface area contributed by atoms with Crippen molar-refractivity contribution in [3.05, 3.63) is 119 Å². The second-order valence-corrected chi connectivity index (χ2v) is 7.83. The lowest BCUT2D eigenvalue weighted by Crippen LogP contribution is -2.12. The van der Waals surface area contributed by atoms with Crippen LogP contribution in [0.1, 0.15) is 37.5 Å². The molecule has 4 rings (SSSR count). The van der Waals surface area contributed by atoms with Gasteiger partial charge in [0.15, 0.2) is 11.5 Å². The number of anilines is 1. The third-order valence-electron chi connectivity index (χ3n) is 5.28. The zero-order chi connectivity index (χ0) is 26.0. The number of nitrogens with zero attached hydrogens (tertiary/aromatic N) is 1. The average Bonchev–Trinajstić information content (AvgIpc) is 2.95. The predicted molar refractivity (Wildman–Crippen MR) is 140 cm³/mol. The first-order chi connectivity index (χ1) is 18.1. The third-order valence-corrected chi connectivity index (χ3v) is 5.28. The van der Waals surface area contributed by atoms with Gasteiger partial charge >= 0.3 is 5.97 Å². The van der Waals surface area contributed by atoms with Crippen molar-refractivity contribution < 1.29 is 23.8 Å². The van der Waals surface area contributed by atoms with Crippen LogP contribution in [-0.2, 0) is 11.3 Å². The number of rotatable bonds is 7. The molecule has 184 valence electrons. The van der Waals surface area contributed by atoms with Gasteiger partial charge in [0.1, 0.15) is 6.61 Å². The first-order valence-electron chi connectivity index (χ1n) is 11.4. The van der Waals surface area contributed by atoms with Crippen molar-refractivity contribution in [2.45, 2.75) is 6.61 Å². The number of methoxy groups -OCH3 is 2. The van der Waals surface area contributed by atoms with Gasteiger partial charge in [-0.1, -0.05) is 30.0 Å². The summed E-state index contributed by atoms with van der Waals surface area (Å²) in [5.74, 6) is 6.32. The van der Waals surface area contributed by atoms with Gasteiger partial charge in [0.05, 0.1) is 25.5 Å². The van der Waals surface area contributed by atoms with Crippen LogP contribution in [0.15, 0.2) is 91.1 Å². The Labute approximate surface area is 215 Å². The predicted octanol–water partition coefficient (Wildman–Crippen LogP) is 5.11. The number of ether oxygens (including phenoxy) is 3. The topological polar surface area (TPSA) is 86.8 Å². The first-order valence-corrected chi connectivity index (χ1v) is 11.4. The molecule has 0 bridgehead atoms. The molecule has 7 heteroatoms. The van der Waals surface area contributed by atoms with E-state index in [2.05, 4.69) is 22.1 Å². The number of benzene rings is 3. The summed E-state index contributed by atoms with van der Waals surface area (Å²) in [6.45, 7) is 0.281. The Balaban J connectivity index is 1.44. The molecule has 1 heterocycles. The number of pyridine rings is 1. The van der Waals surface area contributed by atoms with Crippen molar-refractivity contribution in [3.63, 3.8) is 0 Å². The Morgan fingerprint density at radius 1 is 0.811 bits per heavy atom. The van der Waals surface area contributed by atoms with Crippen LogP contribution in [0.25, 0.3) is 0 Å². The maximum absolute atomic E-state index is 12.9. The normalized spacial score (nSPS) is 10.0. The van der Waals surface area contributed by atoms with Crippen LogP contribution in [-0.4, -0.2) is 31.1 Å². The van der Waals surface area contributed by atoms with E-state index in [1.807, 2.05) is 30.3 Å². The van der Waals surface area contributed by atoms with Gasteiger partial charge in [-0.2, -0.15) is 0 Å². The van der Waals surface area contributed by atoms with Crippen molar-refractivity contribution in [1.29, 1.82) is 0 Å². The number of amides is 1. The van der Waals surface area contributed by atoms with E-state index >= 15 is 0 Å². The van der Waals surface area contributed by atoms with Crippen LogP contribution >= 0.6 is 0 Å². The first kappa shape index (κ1) is 25.0. The fourth-order valence-corrected chi connectivity index (χ4v) is 3.43. The van der Waals surface area contributed by atoms with Crippen LogP contribution in [0.2, 0.25) is 0 Å². The van der Waals surface area contributed by atoms with E-state index in [0.29, 0.717) is 39.4 Å². The quantitative estimate of drug-likeness (QED) is 0.285. The standard InChI is InChI=1S/C30H24N2O5/c1-35-28-19-23(14-15-27(28)37-20-26-10-3-4-16-31-26)29(33)32-25-11-6-8-22(18-25)13-12-21-7-5-9-24(17-21)30(34)36-2/h3-11,14-19H,20H2,1-2H3,(H,32,33). The molecule has 1 amide bonds. The summed E-state index contributed by atoms with van der Waals surface area (Å²) in [5, 5.41) is 2.88. The molecular formula is C30H24N2O5. The molecular weight excluding hydrogens is 468 g/mol. The molecule has 3 aromatic carbocycles. The Morgan fingerprint density at radius 3 is 2.32 bits per heavy atom. The molecule has 1 N–H and O–H groups in total. The monoisotopic (exact) mass is 492 g/mol. The van der Waals surface area contributed by atoms with Crippen molar-refractivity contribution in [1.82, 2.24) is 4.98 Å². The van der Waals surface area contributed by atoms with Crippen molar-refractivity contribution >= 4 is 17.6 Å². The maximum Gasteiger partial charge on any atom is 0.337 e. The van der Waals surface area contributed by atoms with Crippen molar-refractivity contribution in [2.75, 3.05) is 19.5 Å². The van der Waals surface area contributed by atoms with Crippen molar-refractivity contribution in [3.8, 4) is 23.3 Å². The lowest BCUT2D eigenvalue weighted by Gasteiger charge is -2.12. The summed E-state index contributed by atoms with van der Waals surface area (Å²) in [5.41, 5.74) is 3.60. The number of hydrogen-bond acceptors (Lipinski definition) is 6. The fourth-order valence-electron chi connectivity index (χ4n) is 3.43. The van der Waals surface area contributed by atoms with Gasteiger partial charge in [0.25, 0.3) is 5.91 Å². The van der Waals surface area contributed by atoms with E-state index in [0.717, 1.165) is 5.69 Å². The van der Waals surface area contributed by atoms with E-state index < -0.39 is 5.97 Å². The Kier molecular flexibility index (Phi) is 8.15. The molecule has 0 spiro atoms. The summed E-state index contributed by atoms with van der Waals surface area (Å²) < 4.78 is 16.0. The van der Waals surface area contributed by atoms with Crippen LogP contribution in [0.5, 0.6) is 11.5 Å². The molecule has 1 aromatic heterocycles. The van der Waals surface area contributed by atoms with Gasteiger partial charge in [-0.3, -0.25) is 9.78 Å². The Bertz CT molecular complexity index is 1470. The molecule has 7 nitrogen and oxygen atoms in total. The smallest absolute Gasteiger partial charge is 0.337 e. The summed E-state index contributed by atoms with van der Waals surface area (Å²) >= 11 is 0. The summed E-state index contributed by atoms with van der Waals surface area (Å²) in [4.78, 5) is 28.9. The van der Waals surface area contributed by atoms with Gasteiger partial charge in [-0.15, -0.1) is 0 Å². The van der Waals surface area contributed by atoms with E-state index in [9.17, 15) is 9.59 Å². The highest BCUT2D eigenvalue weighted by atomic mass is 16.5. The molecule has 0 aliphatic heterocycles. The second-order valence-electron chi connectivity index (χ2n) is 7.83. The van der Waals surface area contributed by atoms with Crippen LogP contribution in [0, 0.1) is 11.8 Å². The SMILES string of the molecule is COC(=O)c1cccc(C#Cc2cccc(NC(=O)c3ccc(OCc4ccccn4)c(OC)c3)c2)c1. The molecule has 0 atom stereocenters. The molecule has 0 unspecified atom stereocenters. The third kappa shape index (κ3) is 6.74. The molecule has 0 radical (unpaired) electrons. The summed E-state index contributed by atoms with van der Waals surface area (Å²) in [7, 11) is 2.86. The zero-order valence-corrected chi connectivity index (χ0v) is 20.4. The number of hydrogen-bond donors (Lipinski definition) is 1. The van der Waals surface area contributed by atoms with Gasteiger partial charge in [-0.25, -0.2) is 4.79 Å². The Morgan fingerprint density at radius 2 is 1.59 bits per heavy atom. The van der Waals surface area contributed by atoms with Crippen LogP contribution in [0.4, 0.5) is 5.69 Å². The molecule has 0 saturated carbocycles. The maximum atomic E-state index is 12.9. The lowest BCUT2D eigenvalue weighted by atomic mass is 10.1. The molecule has 37 heavy (non-hydrogen) atoms. The van der Waals surface area contributed by atoms with Crippen LogP contribution in [0.3, 0.4) is 0 Å². The highest BCUT2D eigenvalue weighted by Gasteiger charge is 2.12. The van der Waals surface area contributed by atoms with Gasteiger partial charge < -0.3 is 19.5 Å². The molecule has 0 saturated heterocycles. The minimum atomic E-state index is -0.419. The number of nitrogens with one attached hydrogen (secondary N) is 1. The molecule has 0 fully saturated rings. The minimum absolute atomic E-state index is 0.281.